The number of rotatable bonds is 4. The fourth-order valence-electron chi connectivity index (χ4n) is 3.70. The number of likely N-dealkylation sites (tertiary alicyclic amines) is 1. The van der Waals surface area contributed by atoms with Crippen molar-refractivity contribution < 1.29 is 14.3 Å². The molecule has 1 aromatic heterocycles. The highest BCUT2D eigenvalue weighted by Gasteiger charge is 2.26. The van der Waals surface area contributed by atoms with Crippen LogP contribution in [-0.2, 0) is 0 Å². The molecule has 134 valence electrons. The normalized spacial score (nSPS) is 15.3. The molecule has 2 aromatic rings. The number of piperidine rings is 1. The molecule has 1 saturated heterocycles. The lowest BCUT2D eigenvalue weighted by Crippen LogP contribution is -2.39. The molecule has 3 rings (SSSR count). The van der Waals surface area contributed by atoms with E-state index in [1.165, 1.54) is 11.4 Å². The average molecular weight is 342 g/mol. The van der Waals surface area contributed by atoms with Crippen LogP contribution in [0.3, 0.4) is 0 Å². The highest BCUT2D eigenvalue weighted by Crippen LogP contribution is 2.28. The lowest BCUT2D eigenvalue weighted by molar-refractivity contribution is 0.0693. The van der Waals surface area contributed by atoms with Crippen LogP contribution in [0.25, 0.3) is 0 Å². The molecule has 1 aliphatic heterocycles. The minimum absolute atomic E-state index is 0.0385. The molecule has 1 aliphatic rings. The molecule has 25 heavy (non-hydrogen) atoms. The fourth-order valence-corrected chi connectivity index (χ4v) is 3.70. The number of ether oxygens (including phenoxy) is 2. The summed E-state index contributed by atoms with van der Waals surface area (Å²) in [4.78, 5) is 14.8. The number of aryl methyl sites for hydroxylation is 2. The molecule has 0 saturated carbocycles. The molecule has 1 aromatic carbocycles. The highest BCUT2D eigenvalue weighted by atomic mass is 16.5. The number of hydrogen-bond acceptors (Lipinski definition) is 3. The van der Waals surface area contributed by atoms with E-state index in [1.54, 1.807) is 32.4 Å². The van der Waals surface area contributed by atoms with Crippen LogP contribution in [0, 0.1) is 13.8 Å². The summed E-state index contributed by atoms with van der Waals surface area (Å²) in [5.41, 5.74) is 3.20. The third kappa shape index (κ3) is 3.50. The van der Waals surface area contributed by atoms with E-state index in [9.17, 15) is 4.79 Å². The van der Waals surface area contributed by atoms with Crippen LogP contribution >= 0.6 is 0 Å². The summed E-state index contributed by atoms with van der Waals surface area (Å²) in [6, 6.07) is 10.1. The Bertz CT molecular complexity index is 717. The van der Waals surface area contributed by atoms with E-state index in [0.29, 0.717) is 23.1 Å². The van der Waals surface area contributed by atoms with Gasteiger partial charge in [0.1, 0.15) is 11.5 Å². The molecule has 0 atom stereocenters. The van der Waals surface area contributed by atoms with Crippen molar-refractivity contribution in [2.24, 2.45) is 0 Å². The van der Waals surface area contributed by atoms with E-state index in [-0.39, 0.29) is 5.91 Å². The van der Waals surface area contributed by atoms with Crippen molar-refractivity contribution >= 4 is 5.91 Å². The lowest BCUT2D eigenvalue weighted by Gasteiger charge is -2.34. The van der Waals surface area contributed by atoms with Crippen LogP contribution in [-0.4, -0.2) is 42.7 Å². The third-order valence-electron chi connectivity index (χ3n) is 5.04. The van der Waals surface area contributed by atoms with Crippen molar-refractivity contribution in [2.45, 2.75) is 32.7 Å². The quantitative estimate of drug-likeness (QED) is 0.853. The Morgan fingerprint density at radius 1 is 0.960 bits per heavy atom. The average Bonchev–Trinajstić information content (AvgIpc) is 2.99. The Kier molecular flexibility index (Phi) is 5.02. The van der Waals surface area contributed by atoms with Gasteiger partial charge in [0, 0.05) is 42.1 Å². The molecule has 1 amide bonds. The minimum atomic E-state index is 0.0385. The van der Waals surface area contributed by atoms with Crippen LogP contribution in [0.4, 0.5) is 0 Å². The second-order valence-corrected chi connectivity index (χ2v) is 6.61. The molecule has 0 aliphatic carbocycles. The molecular weight excluding hydrogens is 316 g/mol. The molecule has 5 heteroatoms. The molecule has 1 fully saturated rings. The Morgan fingerprint density at radius 3 is 1.96 bits per heavy atom. The van der Waals surface area contributed by atoms with Gasteiger partial charge in [0.25, 0.3) is 5.91 Å². The number of carbonyl (C=O) groups is 1. The van der Waals surface area contributed by atoms with Crippen LogP contribution in [0.5, 0.6) is 11.5 Å². The van der Waals surface area contributed by atoms with Gasteiger partial charge in [-0.15, -0.1) is 0 Å². The first-order chi connectivity index (χ1) is 12.0. The number of benzene rings is 1. The molecule has 0 radical (unpaired) electrons. The minimum Gasteiger partial charge on any atom is -0.497 e. The number of methoxy groups -OCH3 is 2. The first-order valence-corrected chi connectivity index (χ1v) is 8.70. The van der Waals surface area contributed by atoms with Gasteiger partial charge in [-0.3, -0.25) is 4.79 Å². The Balaban J connectivity index is 1.72. The van der Waals surface area contributed by atoms with E-state index in [0.717, 1.165) is 25.9 Å². The van der Waals surface area contributed by atoms with Crippen LogP contribution in [0.2, 0.25) is 0 Å². The van der Waals surface area contributed by atoms with E-state index in [4.69, 9.17) is 9.47 Å². The van der Waals surface area contributed by atoms with E-state index in [1.807, 2.05) is 4.90 Å². The Hall–Kier alpha value is -2.43. The standard InChI is InChI=1S/C20H26N2O3/c1-14-5-6-15(2)22(14)17-7-9-21(10-8-17)20(23)16-11-18(24-3)13-19(12-16)25-4/h5-6,11-13,17H,7-10H2,1-4H3. The van der Waals surface area contributed by atoms with Crippen molar-refractivity contribution in [2.75, 3.05) is 27.3 Å². The largest absolute Gasteiger partial charge is 0.497 e. The number of amides is 1. The van der Waals surface area contributed by atoms with Gasteiger partial charge in [-0.2, -0.15) is 0 Å². The summed E-state index contributed by atoms with van der Waals surface area (Å²) in [7, 11) is 3.19. The topological polar surface area (TPSA) is 43.7 Å². The van der Waals surface area contributed by atoms with E-state index in [2.05, 4.69) is 30.5 Å². The van der Waals surface area contributed by atoms with Crippen molar-refractivity contribution in [3.63, 3.8) is 0 Å². The predicted molar refractivity (Wildman–Crippen MR) is 97.6 cm³/mol. The lowest BCUT2D eigenvalue weighted by atomic mass is 10.0. The Morgan fingerprint density at radius 2 is 1.48 bits per heavy atom. The maximum Gasteiger partial charge on any atom is 0.254 e. The number of nitrogens with zero attached hydrogens (tertiary/aromatic N) is 2. The highest BCUT2D eigenvalue weighted by molar-refractivity contribution is 5.95. The first-order valence-electron chi connectivity index (χ1n) is 8.70. The van der Waals surface area contributed by atoms with Crippen molar-refractivity contribution in [1.29, 1.82) is 0 Å². The fraction of sp³-hybridized carbons (Fsp3) is 0.450. The Labute approximate surface area is 149 Å². The zero-order chi connectivity index (χ0) is 18.0. The van der Waals surface area contributed by atoms with Gasteiger partial charge in [0.15, 0.2) is 0 Å². The monoisotopic (exact) mass is 342 g/mol. The molecule has 0 unspecified atom stereocenters. The smallest absolute Gasteiger partial charge is 0.254 e. The number of aromatic nitrogens is 1. The summed E-state index contributed by atoms with van der Waals surface area (Å²) < 4.78 is 12.9. The zero-order valence-electron chi connectivity index (χ0n) is 15.4. The van der Waals surface area contributed by atoms with Gasteiger partial charge in [-0.25, -0.2) is 0 Å². The third-order valence-corrected chi connectivity index (χ3v) is 5.04. The van der Waals surface area contributed by atoms with Gasteiger partial charge in [0.05, 0.1) is 14.2 Å². The van der Waals surface area contributed by atoms with Crippen LogP contribution < -0.4 is 9.47 Å². The van der Waals surface area contributed by atoms with Crippen molar-refractivity contribution in [3.05, 3.63) is 47.3 Å². The van der Waals surface area contributed by atoms with Gasteiger partial charge in [-0.1, -0.05) is 0 Å². The number of hydrogen-bond donors (Lipinski definition) is 0. The first kappa shape index (κ1) is 17.4. The number of carbonyl (C=O) groups excluding carboxylic acids is 1. The van der Waals surface area contributed by atoms with Gasteiger partial charge < -0.3 is 18.9 Å². The van der Waals surface area contributed by atoms with E-state index >= 15 is 0 Å². The van der Waals surface area contributed by atoms with Crippen molar-refractivity contribution in [3.8, 4) is 11.5 Å². The van der Waals surface area contributed by atoms with Gasteiger partial charge in [-0.05, 0) is 51.0 Å². The molecule has 0 spiro atoms. The SMILES string of the molecule is COc1cc(OC)cc(C(=O)N2CCC(n3c(C)ccc3C)CC2)c1. The maximum absolute atomic E-state index is 12.9. The molecule has 0 N–H and O–H groups in total. The molecule has 5 nitrogen and oxygen atoms in total. The summed E-state index contributed by atoms with van der Waals surface area (Å²) in [5, 5.41) is 0. The maximum atomic E-state index is 12.9. The summed E-state index contributed by atoms with van der Waals surface area (Å²) >= 11 is 0. The second kappa shape index (κ2) is 7.21. The van der Waals surface area contributed by atoms with Crippen LogP contribution in [0.1, 0.15) is 40.6 Å². The predicted octanol–water partition coefficient (Wildman–Crippen LogP) is 3.60. The molecular formula is C20H26N2O3. The second-order valence-electron chi connectivity index (χ2n) is 6.61. The van der Waals surface area contributed by atoms with E-state index < -0.39 is 0 Å². The van der Waals surface area contributed by atoms with Crippen LogP contribution in [0.15, 0.2) is 30.3 Å². The van der Waals surface area contributed by atoms with Gasteiger partial charge >= 0.3 is 0 Å². The molecule has 0 bridgehead atoms. The zero-order valence-corrected chi connectivity index (χ0v) is 15.4. The van der Waals surface area contributed by atoms with Crippen molar-refractivity contribution in [1.82, 2.24) is 9.47 Å². The van der Waals surface area contributed by atoms with Gasteiger partial charge in [0.2, 0.25) is 0 Å². The summed E-state index contributed by atoms with van der Waals surface area (Å²) in [6.45, 7) is 5.82. The molecule has 2 heterocycles. The summed E-state index contributed by atoms with van der Waals surface area (Å²) in [5.74, 6) is 1.31. The summed E-state index contributed by atoms with van der Waals surface area (Å²) in [6.07, 6.45) is 1.95.